The fourth-order valence-electron chi connectivity index (χ4n) is 1.76. The van der Waals surface area contributed by atoms with Gasteiger partial charge in [-0.05, 0) is 26.8 Å². The van der Waals surface area contributed by atoms with Gasteiger partial charge in [0.2, 0.25) is 0 Å². The van der Waals surface area contributed by atoms with Crippen molar-refractivity contribution in [3.8, 4) is 0 Å². The first-order valence-corrected chi connectivity index (χ1v) is 6.23. The van der Waals surface area contributed by atoms with Gasteiger partial charge >= 0.3 is 0 Å². The number of hydrogen-bond acceptors (Lipinski definition) is 4. The molecule has 0 aliphatic carbocycles. The summed E-state index contributed by atoms with van der Waals surface area (Å²) in [5.41, 5.74) is 2.21. The zero-order chi connectivity index (χ0) is 13.0. The summed E-state index contributed by atoms with van der Waals surface area (Å²) in [5, 5.41) is 7.71. The summed E-state index contributed by atoms with van der Waals surface area (Å²) in [4.78, 5) is 8.45. The SMILES string of the molecule is CCn1cc(C(C)NCc2ccnc(C)n2)cn1. The largest absolute Gasteiger partial charge is 0.304 e. The molecule has 0 spiro atoms. The average molecular weight is 245 g/mol. The smallest absolute Gasteiger partial charge is 0.125 e. The zero-order valence-electron chi connectivity index (χ0n) is 11.1. The van der Waals surface area contributed by atoms with E-state index in [1.165, 1.54) is 5.56 Å². The van der Waals surface area contributed by atoms with Crippen LogP contribution in [0, 0.1) is 6.92 Å². The average Bonchev–Trinajstić information content (AvgIpc) is 2.85. The van der Waals surface area contributed by atoms with E-state index in [4.69, 9.17) is 0 Å². The maximum atomic E-state index is 4.37. The first kappa shape index (κ1) is 12.7. The molecule has 96 valence electrons. The summed E-state index contributed by atoms with van der Waals surface area (Å²) in [5.74, 6) is 0.806. The van der Waals surface area contributed by atoms with Gasteiger partial charge in [0.25, 0.3) is 0 Å². The second kappa shape index (κ2) is 5.73. The summed E-state index contributed by atoms with van der Waals surface area (Å²) < 4.78 is 1.93. The van der Waals surface area contributed by atoms with Gasteiger partial charge in [0.1, 0.15) is 5.82 Å². The molecular weight excluding hydrogens is 226 g/mol. The molecule has 0 bridgehead atoms. The standard InChI is InChI=1S/C13H19N5/c1-4-18-9-12(7-16-18)10(2)15-8-13-5-6-14-11(3)17-13/h5-7,9-10,15H,4,8H2,1-3H3. The first-order chi connectivity index (χ1) is 8.69. The van der Waals surface area contributed by atoms with E-state index in [1.54, 1.807) is 6.20 Å². The molecule has 18 heavy (non-hydrogen) atoms. The summed E-state index contributed by atoms with van der Waals surface area (Å²) in [7, 11) is 0. The molecule has 0 aliphatic rings. The molecule has 0 radical (unpaired) electrons. The van der Waals surface area contributed by atoms with Crippen molar-refractivity contribution in [3.63, 3.8) is 0 Å². The second-order valence-corrected chi connectivity index (χ2v) is 4.33. The highest BCUT2D eigenvalue weighted by Gasteiger charge is 2.07. The number of aromatic nitrogens is 4. The third-order valence-electron chi connectivity index (χ3n) is 2.90. The Morgan fingerprint density at radius 3 is 2.94 bits per heavy atom. The highest BCUT2D eigenvalue weighted by atomic mass is 15.3. The molecule has 1 atom stereocenters. The molecule has 2 rings (SSSR count). The van der Waals surface area contributed by atoms with Crippen LogP contribution in [0.15, 0.2) is 24.7 Å². The van der Waals surface area contributed by atoms with E-state index < -0.39 is 0 Å². The fraction of sp³-hybridized carbons (Fsp3) is 0.462. The Bertz CT molecular complexity index is 506. The molecule has 5 heteroatoms. The summed E-state index contributed by atoms with van der Waals surface area (Å²) in [6.07, 6.45) is 5.77. The van der Waals surface area contributed by atoms with Crippen molar-refractivity contribution in [3.05, 3.63) is 41.7 Å². The van der Waals surface area contributed by atoms with Crippen LogP contribution in [-0.2, 0) is 13.1 Å². The maximum Gasteiger partial charge on any atom is 0.125 e. The minimum Gasteiger partial charge on any atom is -0.304 e. The van der Waals surface area contributed by atoms with Crippen LogP contribution in [0.25, 0.3) is 0 Å². The van der Waals surface area contributed by atoms with E-state index in [9.17, 15) is 0 Å². The predicted molar refractivity (Wildman–Crippen MR) is 69.9 cm³/mol. The van der Waals surface area contributed by atoms with Crippen molar-refractivity contribution >= 4 is 0 Å². The molecule has 1 unspecified atom stereocenters. The zero-order valence-corrected chi connectivity index (χ0v) is 11.1. The second-order valence-electron chi connectivity index (χ2n) is 4.33. The van der Waals surface area contributed by atoms with Crippen LogP contribution in [0.5, 0.6) is 0 Å². The van der Waals surface area contributed by atoms with E-state index in [2.05, 4.69) is 40.4 Å². The van der Waals surface area contributed by atoms with Crippen LogP contribution in [0.4, 0.5) is 0 Å². The molecule has 5 nitrogen and oxygen atoms in total. The Morgan fingerprint density at radius 1 is 1.44 bits per heavy atom. The molecule has 2 aromatic rings. The third-order valence-corrected chi connectivity index (χ3v) is 2.90. The molecule has 0 amide bonds. The highest BCUT2D eigenvalue weighted by molar-refractivity contribution is 5.10. The van der Waals surface area contributed by atoms with E-state index in [0.29, 0.717) is 0 Å². The summed E-state index contributed by atoms with van der Waals surface area (Å²) in [6, 6.07) is 2.20. The quantitative estimate of drug-likeness (QED) is 0.873. The first-order valence-electron chi connectivity index (χ1n) is 6.23. The molecule has 0 aromatic carbocycles. The van der Waals surface area contributed by atoms with Gasteiger partial charge < -0.3 is 5.32 Å². The normalized spacial score (nSPS) is 12.6. The molecule has 2 aromatic heterocycles. The highest BCUT2D eigenvalue weighted by Crippen LogP contribution is 2.11. The lowest BCUT2D eigenvalue weighted by Crippen LogP contribution is -2.18. The lowest BCUT2D eigenvalue weighted by molar-refractivity contribution is 0.564. The number of hydrogen-bond donors (Lipinski definition) is 1. The summed E-state index contributed by atoms with van der Waals surface area (Å²) in [6.45, 7) is 7.75. The molecule has 0 saturated heterocycles. The minimum atomic E-state index is 0.264. The Hall–Kier alpha value is -1.75. The van der Waals surface area contributed by atoms with Crippen LogP contribution in [-0.4, -0.2) is 19.7 Å². The molecule has 0 aliphatic heterocycles. The van der Waals surface area contributed by atoms with Gasteiger partial charge in [0.15, 0.2) is 0 Å². The number of nitrogens with one attached hydrogen (secondary N) is 1. The Balaban J connectivity index is 1.93. The van der Waals surface area contributed by atoms with Crippen molar-refractivity contribution in [2.75, 3.05) is 0 Å². The van der Waals surface area contributed by atoms with Crippen LogP contribution < -0.4 is 5.32 Å². The van der Waals surface area contributed by atoms with Gasteiger partial charge in [-0.1, -0.05) is 0 Å². The fourth-order valence-corrected chi connectivity index (χ4v) is 1.76. The minimum absolute atomic E-state index is 0.264. The van der Waals surface area contributed by atoms with Crippen molar-refractivity contribution < 1.29 is 0 Å². The molecule has 1 N–H and O–H groups in total. The number of aryl methyl sites for hydroxylation is 2. The van der Waals surface area contributed by atoms with Crippen LogP contribution >= 0.6 is 0 Å². The number of nitrogens with zero attached hydrogens (tertiary/aromatic N) is 4. The van der Waals surface area contributed by atoms with Gasteiger partial charge in [-0.2, -0.15) is 5.10 Å². The van der Waals surface area contributed by atoms with Gasteiger partial charge in [0, 0.05) is 37.1 Å². The summed E-state index contributed by atoms with van der Waals surface area (Å²) >= 11 is 0. The topological polar surface area (TPSA) is 55.6 Å². The van der Waals surface area contributed by atoms with Gasteiger partial charge in [-0.25, -0.2) is 9.97 Å². The molecule has 2 heterocycles. The molecular formula is C13H19N5. The monoisotopic (exact) mass is 245 g/mol. The van der Waals surface area contributed by atoms with Crippen molar-refractivity contribution in [1.29, 1.82) is 0 Å². The van der Waals surface area contributed by atoms with Gasteiger partial charge in [-0.15, -0.1) is 0 Å². The molecule has 0 fully saturated rings. The van der Waals surface area contributed by atoms with Crippen LogP contribution in [0.3, 0.4) is 0 Å². The molecule has 0 saturated carbocycles. The van der Waals surface area contributed by atoms with Crippen LogP contribution in [0.1, 0.15) is 37.0 Å². The van der Waals surface area contributed by atoms with E-state index in [0.717, 1.165) is 24.6 Å². The Morgan fingerprint density at radius 2 is 2.28 bits per heavy atom. The van der Waals surface area contributed by atoms with E-state index in [-0.39, 0.29) is 6.04 Å². The maximum absolute atomic E-state index is 4.37. The van der Waals surface area contributed by atoms with Gasteiger partial charge in [0.05, 0.1) is 11.9 Å². The van der Waals surface area contributed by atoms with Crippen LogP contribution in [0.2, 0.25) is 0 Å². The lowest BCUT2D eigenvalue weighted by Gasteiger charge is -2.11. The van der Waals surface area contributed by atoms with E-state index >= 15 is 0 Å². The predicted octanol–water partition coefficient (Wildman–Crippen LogP) is 1.85. The van der Waals surface area contributed by atoms with Crippen molar-refractivity contribution in [2.24, 2.45) is 0 Å². The van der Waals surface area contributed by atoms with Gasteiger partial charge in [-0.3, -0.25) is 4.68 Å². The number of rotatable bonds is 5. The lowest BCUT2D eigenvalue weighted by atomic mass is 10.2. The Kier molecular flexibility index (Phi) is 4.04. The third kappa shape index (κ3) is 3.13. The van der Waals surface area contributed by atoms with Crippen molar-refractivity contribution in [1.82, 2.24) is 25.1 Å². The van der Waals surface area contributed by atoms with Crippen molar-refractivity contribution in [2.45, 2.75) is 39.9 Å². The Labute approximate surface area is 107 Å². The van der Waals surface area contributed by atoms with E-state index in [1.807, 2.05) is 23.9 Å².